The zero-order valence-corrected chi connectivity index (χ0v) is 26.7. The molecule has 0 spiro atoms. The first-order chi connectivity index (χ1) is 21.0. The summed E-state index contributed by atoms with van der Waals surface area (Å²) in [5, 5.41) is 14.0. The number of thiophene rings is 1. The molecule has 3 aromatic carbocycles. The number of β-amino-alcohol motifs (C(OH)–C–C–N with tert-alkyl or cyclic N) is 1. The highest BCUT2D eigenvalue weighted by molar-refractivity contribution is 7.93. The Bertz CT molecular complexity index is 1910. The maximum Gasteiger partial charge on any atom is 0.274 e. The van der Waals surface area contributed by atoms with E-state index in [1.54, 1.807) is 37.2 Å². The van der Waals surface area contributed by atoms with Crippen molar-refractivity contribution in [1.82, 2.24) is 9.80 Å². The lowest BCUT2D eigenvalue weighted by Crippen LogP contribution is -2.59. The third-order valence-corrected chi connectivity index (χ3v) is 11.2. The Morgan fingerprint density at radius 1 is 1.07 bits per heavy atom. The minimum atomic E-state index is -4.62. The minimum absolute atomic E-state index is 0.0113. The quantitative estimate of drug-likeness (QED) is 0.317. The van der Waals surface area contributed by atoms with Crippen molar-refractivity contribution in [1.29, 1.82) is 0 Å². The first-order valence-corrected chi connectivity index (χ1v) is 16.4. The van der Waals surface area contributed by atoms with E-state index in [2.05, 4.69) is 0 Å². The number of rotatable bonds is 7. The molecule has 13 heteroatoms. The summed E-state index contributed by atoms with van der Waals surface area (Å²) in [6, 6.07) is 15.3. The van der Waals surface area contributed by atoms with Crippen molar-refractivity contribution in [2.75, 3.05) is 39.2 Å². The second-order valence-corrected chi connectivity index (χ2v) is 14.0. The van der Waals surface area contributed by atoms with E-state index >= 15 is 4.79 Å². The topological polar surface area (TPSA) is 117 Å². The van der Waals surface area contributed by atoms with Gasteiger partial charge in [-0.15, -0.1) is 11.3 Å². The molecule has 0 bridgehead atoms. The number of nitrogens with zero attached hydrogens (tertiary/aromatic N) is 3. The average molecular weight is 656 g/mol. The molecule has 4 aromatic rings. The summed E-state index contributed by atoms with van der Waals surface area (Å²) in [6.07, 6.45) is -0.896. The van der Waals surface area contributed by atoms with Crippen LogP contribution in [0.2, 0.25) is 5.02 Å². The molecule has 1 fully saturated rings. The van der Waals surface area contributed by atoms with Crippen molar-refractivity contribution < 1.29 is 32.6 Å². The number of likely N-dealkylation sites (N-methyl/N-ethyl adjacent to an activating group) is 1. The van der Waals surface area contributed by atoms with Gasteiger partial charge in [0.05, 0.1) is 32.1 Å². The van der Waals surface area contributed by atoms with Gasteiger partial charge in [-0.2, -0.15) is 0 Å². The summed E-state index contributed by atoms with van der Waals surface area (Å²) in [6.45, 7) is -0.0660. The number of likely N-dealkylation sites (tertiary alicyclic amines) is 1. The number of aliphatic hydroxyl groups excluding tert-OH is 1. The molecule has 2 aliphatic heterocycles. The third-order valence-electron chi connectivity index (χ3n) is 8.25. The number of fused-ring (bicyclic) bond motifs is 2. The molecule has 3 atom stereocenters. The smallest absolute Gasteiger partial charge is 0.274 e. The van der Waals surface area contributed by atoms with Crippen molar-refractivity contribution >= 4 is 60.5 Å². The molecule has 6 rings (SSSR count). The Hall–Kier alpha value is -3.68. The fraction of sp³-hybridized carbons (Fsp3) is 0.290. The van der Waals surface area contributed by atoms with E-state index in [-0.39, 0.29) is 45.8 Å². The van der Waals surface area contributed by atoms with Gasteiger partial charge >= 0.3 is 0 Å². The Labute approximate surface area is 264 Å². The Kier molecular flexibility index (Phi) is 7.61. The summed E-state index contributed by atoms with van der Waals surface area (Å²) in [4.78, 5) is 31.8. The Morgan fingerprint density at radius 2 is 1.84 bits per heavy atom. The lowest BCUT2D eigenvalue weighted by atomic mass is 9.81. The summed E-state index contributed by atoms with van der Waals surface area (Å²) in [5.74, 6) is -0.786. The normalized spacial score (nSPS) is 22.0. The Balaban J connectivity index is 1.69. The van der Waals surface area contributed by atoms with Gasteiger partial charge < -0.3 is 19.5 Å². The van der Waals surface area contributed by atoms with Crippen molar-refractivity contribution in [3.8, 4) is 11.5 Å². The van der Waals surface area contributed by atoms with Crippen LogP contribution < -0.4 is 13.8 Å². The van der Waals surface area contributed by atoms with E-state index in [0.29, 0.717) is 11.3 Å². The van der Waals surface area contributed by atoms with Gasteiger partial charge in [-0.05, 0) is 53.6 Å². The largest absolute Gasteiger partial charge is 0.497 e. The van der Waals surface area contributed by atoms with Crippen LogP contribution in [0.4, 0.5) is 5.69 Å². The molecule has 230 valence electrons. The molecule has 1 saturated heterocycles. The number of aliphatic hydroxyl groups is 1. The summed E-state index contributed by atoms with van der Waals surface area (Å²) >= 11 is 7.97. The van der Waals surface area contributed by atoms with E-state index in [1.807, 2.05) is 17.5 Å². The van der Waals surface area contributed by atoms with Gasteiger partial charge in [-0.3, -0.25) is 14.5 Å². The number of halogens is 1. The molecule has 1 aromatic heterocycles. The molecule has 0 radical (unpaired) electrons. The fourth-order valence-electron chi connectivity index (χ4n) is 6.36. The van der Waals surface area contributed by atoms with Gasteiger partial charge in [-0.25, -0.2) is 12.7 Å². The van der Waals surface area contributed by atoms with E-state index in [0.717, 1.165) is 14.4 Å². The molecule has 2 aliphatic rings. The predicted octanol–water partition coefficient (Wildman–Crippen LogP) is 4.07. The van der Waals surface area contributed by atoms with E-state index in [9.17, 15) is 18.3 Å². The number of anilines is 1. The van der Waals surface area contributed by atoms with Crippen LogP contribution in [0.1, 0.15) is 17.5 Å². The number of ether oxygens (including phenoxy) is 2. The highest BCUT2D eigenvalue weighted by Crippen LogP contribution is 2.55. The maximum atomic E-state index is 15.3. The predicted molar refractivity (Wildman–Crippen MR) is 168 cm³/mol. The molecule has 44 heavy (non-hydrogen) atoms. The number of sulfonamides is 1. The number of methoxy groups -OCH3 is 2. The van der Waals surface area contributed by atoms with Gasteiger partial charge in [0.2, 0.25) is 5.91 Å². The molecule has 10 nitrogen and oxygen atoms in total. The summed E-state index contributed by atoms with van der Waals surface area (Å²) in [5.41, 5.74) is -0.977. The first kappa shape index (κ1) is 30.4. The number of benzene rings is 3. The van der Waals surface area contributed by atoms with Crippen LogP contribution in [0, 0.1) is 0 Å². The molecule has 0 saturated carbocycles. The monoisotopic (exact) mass is 655 g/mol. The second kappa shape index (κ2) is 11.0. The lowest BCUT2D eigenvalue weighted by Gasteiger charge is -2.41. The van der Waals surface area contributed by atoms with Crippen LogP contribution in [0.3, 0.4) is 0 Å². The van der Waals surface area contributed by atoms with E-state index in [1.165, 1.54) is 60.8 Å². The number of amides is 2. The zero-order valence-electron chi connectivity index (χ0n) is 24.4. The maximum absolute atomic E-state index is 15.3. The molecule has 3 heterocycles. The van der Waals surface area contributed by atoms with Crippen LogP contribution in [0.15, 0.2) is 70.9 Å². The fourth-order valence-corrected chi connectivity index (χ4v) is 9.10. The SMILES string of the molecule is COc1ccc(S(=O)(=O)N2C(=O)C(c3cccc4ccsc34)(N3C[C@H](O)C[C@H]3C(=O)N(C)C)c3cc(Cl)ccc32)c(OC)c1. The van der Waals surface area contributed by atoms with Gasteiger partial charge in [0.15, 0.2) is 5.54 Å². The number of hydrogen-bond donors (Lipinski definition) is 1. The number of hydrogen-bond acceptors (Lipinski definition) is 9. The third kappa shape index (κ3) is 4.39. The summed E-state index contributed by atoms with van der Waals surface area (Å²) < 4.78 is 41.5. The van der Waals surface area contributed by atoms with Crippen LogP contribution >= 0.6 is 22.9 Å². The van der Waals surface area contributed by atoms with Gasteiger partial charge in [-0.1, -0.05) is 29.8 Å². The van der Waals surface area contributed by atoms with Gasteiger partial charge in [0.25, 0.3) is 15.9 Å². The highest BCUT2D eigenvalue weighted by Gasteiger charge is 2.63. The van der Waals surface area contributed by atoms with Crippen LogP contribution in [0.25, 0.3) is 10.1 Å². The number of carbonyl (C=O) groups excluding carboxylic acids is 2. The number of carbonyl (C=O) groups is 2. The molecular formula is C31H30ClN3O7S2. The van der Waals surface area contributed by atoms with Gasteiger partial charge in [0.1, 0.15) is 16.4 Å². The van der Waals surface area contributed by atoms with Crippen molar-refractivity contribution in [2.24, 2.45) is 0 Å². The first-order valence-electron chi connectivity index (χ1n) is 13.7. The van der Waals surface area contributed by atoms with Crippen LogP contribution in [-0.4, -0.2) is 82.1 Å². The second-order valence-electron chi connectivity index (χ2n) is 10.9. The molecule has 2 amide bonds. The van der Waals surface area contributed by atoms with Crippen LogP contribution in [0.5, 0.6) is 11.5 Å². The van der Waals surface area contributed by atoms with Gasteiger partial charge in [0, 0.05) is 47.6 Å². The zero-order chi connectivity index (χ0) is 31.6. The standard InChI is InChI=1S/C31H30ClN3O7S2/c1-33(2)29(37)25-15-20(36)17-34(25)31(22-7-5-6-18-12-13-43-28(18)22)23-14-19(32)8-10-24(23)35(30(31)38)44(39,40)27-11-9-21(41-3)16-26(27)42-4/h5-14,16,20,25,36H,15,17H2,1-4H3/t20-,25+,31?/m1/s1. The van der Waals surface area contributed by atoms with Crippen molar-refractivity contribution in [3.05, 3.63) is 82.2 Å². The lowest BCUT2D eigenvalue weighted by molar-refractivity contribution is -0.138. The minimum Gasteiger partial charge on any atom is -0.497 e. The van der Waals surface area contributed by atoms with Crippen LogP contribution in [-0.2, 0) is 25.2 Å². The average Bonchev–Trinajstić information content (AvgIpc) is 3.70. The molecule has 1 unspecified atom stereocenters. The van der Waals surface area contributed by atoms with Crippen molar-refractivity contribution in [3.63, 3.8) is 0 Å². The molecular weight excluding hydrogens is 626 g/mol. The Morgan fingerprint density at radius 3 is 2.55 bits per heavy atom. The highest BCUT2D eigenvalue weighted by atomic mass is 35.5. The molecule has 0 aliphatic carbocycles. The van der Waals surface area contributed by atoms with E-state index < -0.39 is 33.6 Å². The summed E-state index contributed by atoms with van der Waals surface area (Å²) in [7, 11) is 1.37. The van der Waals surface area contributed by atoms with E-state index in [4.69, 9.17) is 21.1 Å². The van der Waals surface area contributed by atoms with Crippen molar-refractivity contribution in [2.45, 2.75) is 29.0 Å². The molecule has 1 N–H and O–H groups in total.